The second-order valence-corrected chi connectivity index (χ2v) is 5.49. The molecule has 4 heteroatoms. The Morgan fingerprint density at radius 2 is 1.43 bits per heavy atom. The fraction of sp³-hybridized carbons (Fsp3) is 0.529. The quantitative estimate of drug-likeness (QED) is 0.756. The van der Waals surface area contributed by atoms with Crippen LogP contribution in [-0.2, 0) is 9.59 Å². The largest absolute Gasteiger partial charge is 0.342 e. The molecule has 0 bridgehead atoms. The standard InChI is InChI=1S/C17H26N2O2/c1-6-18(7-2)15(20)17(4,5)16(21)19(8-3)14-12-10-9-11-13-14/h9-13H,6-8H2,1-5H3. The molecule has 1 aromatic carbocycles. The van der Waals surface area contributed by atoms with E-state index in [0.29, 0.717) is 19.6 Å². The van der Waals surface area contributed by atoms with Crippen molar-refractivity contribution in [1.29, 1.82) is 0 Å². The number of para-hydroxylation sites is 1. The lowest BCUT2D eigenvalue weighted by molar-refractivity contribution is -0.147. The van der Waals surface area contributed by atoms with Gasteiger partial charge in [0, 0.05) is 25.3 Å². The Bertz CT molecular complexity index is 479. The van der Waals surface area contributed by atoms with Gasteiger partial charge in [-0.05, 0) is 46.8 Å². The fourth-order valence-corrected chi connectivity index (χ4v) is 2.39. The third-order valence-corrected chi connectivity index (χ3v) is 3.75. The average Bonchev–Trinajstić information content (AvgIpc) is 2.50. The van der Waals surface area contributed by atoms with Crippen LogP contribution in [-0.4, -0.2) is 36.3 Å². The molecule has 1 aromatic rings. The van der Waals surface area contributed by atoms with Gasteiger partial charge >= 0.3 is 0 Å². The molecule has 0 saturated carbocycles. The molecule has 0 aliphatic rings. The van der Waals surface area contributed by atoms with E-state index in [1.807, 2.05) is 51.1 Å². The van der Waals surface area contributed by atoms with E-state index < -0.39 is 5.41 Å². The minimum Gasteiger partial charge on any atom is -0.342 e. The van der Waals surface area contributed by atoms with E-state index in [4.69, 9.17) is 0 Å². The molecule has 0 radical (unpaired) electrons. The molecule has 0 unspecified atom stereocenters. The first-order chi connectivity index (χ1) is 9.89. The van der Waals surface area contributed by atoms with Crippen LogP contribution in [0.5, 0.6) is 0 Å². The zero-order valence-corrected chi connectivity index (χ0v) is 13.7. The minimum atomic E-state index is -1.06. The molecule has 116 valence electrons. The van der Waals surface area contributed by atoms with Gasteiger partial charge in [0.2, 0.25) is 11.8 Å². The second-order valence-electron chi connectivity index (χ2n) is 5.49. The van der Waals surface area contributed by atoms with Crippen LogP contribution in [0.25, 0.3) is 0 Å². The topological polar surface area (TPSA) is 40.6 Å². The lowest BCUT2D eigenvalue weighted by Crippen LogP contribution is -2.51. The number of nitrogens with zero attached hydrogens (tertiary/aromatic N) is 2. The first-order valence-electron chi connectivity index (χ1n) is 7.56. The highest BCUT2D eigenvalue weighted by Gasteiger charge is 2.41. The smallest absolute Gasteiger partial charge is 0.242 e. The number of hydrogen-bond acceptors (Lipinski definition) is 2. The van der Waals surface area contributed by atoms with Gasteiger partial charge in [0.15, 0.2) is 0 Å². The average molecular weight is 290 g/mol. The van der Waals surface area contributed by atoms with E-state index in [9.17, 15) is 9.59 Å². The number of anilines is 1. The van der Waals surface area contributed by atoms with Crippen LogP contribution in [0.15, 0.2) is 30.3 Å². The maximum absolute atomic E-state index is 12.9. The molecule has 0 atom stereocenters. The van der Waals surface area contributed by atoms with Crippen molar-refractivity contribution in [3.63, 3.8) is 0 Å². The lowest BCUT2D eigenvalue weighted by atomic mass is 9.89. The van der Waals surface area contributed by atoms with Crippen molar-refractivity contribution in [2.24, 2.45) is 5.41 Å². The third-order valence-electron chi connectivity index (χ3n) is 3.75. The Morgan fingerprint density at radius 1 is 0.905 bits per heavy atom. The first kappa shape index (κ1) is 17.2. The second kappa shape index (κ2) is 7.25. The Morgan fingerprint density at radius 3 is 1.86 bits per heavy atom. The van der Waals surface area contributed by atoms with E-state index >= 15 is 0 Å². The molecule has 0 N–H and O–H groups in total. The summed E-state index contributed by atoms with van der Waals surface area (Å²) in [6.45, 7) is 11.0. The number of carbonyl (C=O) groups is 2. The van der Waals surface area contributed by atoms with E-state index in [2.05, 4.69) is 0 Å². The van der Waals surface area contributed by atoms with Gasteiger partial charge < -0.3 is 9.80 Å². The highest BCUT2D eigenvalue weighted by Crippen LogP contribution is 2.26. The molecule has 0 aliphatic heterocycles. The van der Waals surface area contributed by atoms with Gasteiger partial charge in [-0.3, -0.25) is 9.59 Å². The van der Waals surface area contributed by atoms with Gasteiger partial charge in [-0.2, -0.15) is 0 Å². The summed E-state index contributed by atoms with van der Waals surface area (Å²) in [5, 5.41) is 0. The normalized spacial score (nSPS) is 11.1. The summed E-state index contributed by atoms with van der Waals surface area (Å²) in [6.07, 6.45) is 0. The van der Waals surface area contributed by atoms with Gasteiger partial charge in [0.25, 0.3) is 0 Å². The highest BCUT2D eigenvalue weighted by atomic mass is 16.2. The Labute approximate surface area is 127 Å². The van der Waals surface area contributed by atoms with Crippen LogP contribution in [0, 0.1) is 5.41 Å². The summed E-state index contributed by atoms with van der Waals surface area (Å²) in [4.78, 5) is 28.8. The van der Waals surface area contributed by atoms with Crippen molar-refractivity contribution < 1.29 is 9.59 Å². The molecule has 21 heavy (non-hydrogen) atoms. The van der Waals surface area contributed by atoms with Crippen LogP contribution in [0.2, 0.25) is 0 Å². The molecule has 0 aliphatic carbocycles. The summed E-state index contributed by atoms with van der Waals surface area (Å²) in [5.41, 5.74) is -0.233. The zero-order chi connectivity index (χ0) is 16.0. The van der Waals surface area contributed by atoms with Crippen molar-refractivity contribution >= 4 is 17.5 Å². The van der Waals surface area contributed by atoms with E-state index in [0.717, 1.165) is 5.69 Å². The van der Waals surface area contributed by atoms with Crippen LogP contribution < -0.4 is 4.90 Å². The summed E-state index contributed by atoms with van der Waals surface area (Å²) < 4.78 is 0. The third kappa shape index (κ3) is 3.63. The van der Waals surface area contributed by atoms with E-state index in [-0.39, 0.29) is 11.8 Å². The molecule has 0 heterocycles. The van der Waals surface area contributed by atoms with Gasteiger partial charge in [-0.25, -0.2) is 0 Å². The van der Waals surface area contributed by atoms with Crippen LogP contribution in [0.3, 0.4) is 0 Å². The van der Waals surface area contributed by atoms with Crippen molar-refractivity contribution in [2.75, 3.05) is 24.5 Å². The molecule has 0 spiro atoms. The van der Waals surface area contributed by atoms with E-state index in [1.165, 1.54) is 0 Å². The Hall–Kier alpha value is -1.84. The van der Waals surface area contributed by atoms with Crippen LogP contribution in [0.1, 0.15) is 34.6 Å². The van der Waals surface area contributed by atoms with Gasteiger partial charge in [-0.1, -0.05) is 18.2 Å². The molecule has 0 saturated heterocycles. The fourth-order valence-electron chi connectivity index (χ4n) is 2.39. The summed E-state index contributed by atoms with van der Waals surface area (Å²) in [6, 6.07) is 9.47. The van der Waals surface area contributed by atoms with Gasteiger partial charge in [0.05, 0.1) is 0 Å². The van der Waals surface area contributed by atoms with E-state index in [1.54, 1.807) is 23.6 Å². The number of hydrogen-bond donors (Lipinski definition) is 0. The zero-order valence-electron chi connectivity index (χ0n) is 13.7. The lowest BCUT2D eigenvalue weighted by Gasteiger charge is -2.34. The molecular weight excluding hydrogens is 264 g/mol. The maximum Gasteiger partial charge on any atom is 0.242 e. The number of benzene rings is 1. The molecular formula is C17H26N2O2. The van der Waals surface area contributed by atoms with Crippen LogP contribution in [0.4, 0.5) is 5.69 Å². The summed E-state index contributed by atoms with van der Waals surface area (Å²) >= 11 is 0. The van der Waals surface area contributed by atoms with Gasteiger partial charge in [0.1, 0.15) is 5.41 Å². The summed E-state index contributed by atoms with van der Waals surface area (Å²) in [5.74, 6) is -0.278. The highest BCUT2D eigenvalue weighted by molar-refractivity contribution is 6.10. The Balaban J connectivity index is 3.06. The van der Waals surface area contributed by atoms with Crippen molar-refractivity contribution in [1.82, 2.24) is 4.90 Å². The number of rotatable bonds is 6. The van der Waals surface area contributed by atoms with Crippen molar-refractivity contribution in [3.05, 3.63) is 30.3 Å². The molecule has 2 amide bonds. The maximum atomic E-state index is 12.9. The van der Waals surface area contributed by atoms with Crippen molar-refractivity contribution in [2.45, 2.75) is 34.6 Å². The SMILES string of the molecule is CCN(CC)C(=O)C(C)(C)C(=O)N(CC)c1ccccc1. The monoisotopic (exact) mass is 290 g/mol. The molecule has 0 fully saturated rings. The van der Waals surface area contributed by atoms with Crippen LogP contribution >= 0.6 is 0 Å². The predicted octanol–water partition coefficient (Wildman–Crippen LogP) is 2.93. The molecule has 4 nitrogen and oxygen atoms in total. The molecule has 0 aromatic heterocycles. The minimum absolute atomic E-state index is 0.119. The van der Waals surface area contributed by atoms with Crippen molar-refractivity contribution in [3.8, 4) is 0 Å². The molecule has 1 rings (SSSR count). The summed E-state index contributed by atoms with van der Waals surface area (Å²) in [7, 11) is 0. The number of carbonyl (C=O) groups excluding carboxylic acids is 2. The first-order valence-corrected chi connectivity index (χ1v) is 7.56. The van der Waals surface area contributed by atoms with Gasteiger partial charge in [-0.15, -0.1) is 0 Å². The number of amides is 2. The predicted molar refractivity (Wildman–Crippen MR) is 86.2 cm³/mol. The Kier molecular flexibility index (Phi) is 5.94.